The van der Waals surface area contributed by atoms with E-state index in [1.54, 1.807) is 12.3 Å². The molecule has 30 heavy (non-hydrogen) atoms. The number of pyridine rings is 1. The van der Waals surface area contributed by atoms with Gasteiger partial charge in [0.2, 0.25) is 6.79 Å². The highest BCUT2D eigenvalue weighted by Crippen LogP contribution is 2.49. The number of aromatic nitrogens is 1. The molecule has 6 rings (SSSR count). The molecule has 0 atom stereocenters. The lowest BCUT2D eigenvalue weighted by molar-refractivity contribution is 0.0653. The SMILES string of the molecule is Cc1cnc2c(c1C(=O)Nc1cccc3c1C(=O)N(C(C1CC1)C1CC1)C3)OCO2. The predicted molar refractivity (Wildman–Crippen MR) is 109 cm³/mol. The van der Waals surface area contributed by atoms with Crippen LogP contribution < -0.4 is 14.8 Å². The molecule has 2 fully saturated rings. The molecule has 4 aliphatic rings. The summed E-state index contributed by atoms with van der Waals surface area (Å²) in [5.41, 5.74) is 3.25. The van der Waals surface area contributed by atoms with Gasteiger partial charge in [0.15, 0.2) is 5.75 Å². The van der Waals surface area contributed by atoms with Gasteiger partial charge in [-0.05, 0) is 61.6 Å². The van der Waals surface area contributed by atoms with Crippen LogP contribution in [0.15, 0.2) is 24.4 Å². The van der Waals surface area contributed by atoms with E-state index in [-0.39, 0.29) is 18.6 Å². The van der Waals surface area contributed by atoms with Crippen LogP contribution in [0, 0.1) is 18.8 Å². The lowest BCUT2D eigenvalue weighted by Gasteiger charge is -2.28. The molecule has 2 amide bonds. The Balaban J connectivity index is 1.31. The largest absolute Gasteiger partial charge is 0.451 e. The fraction of sp³-hybridized carbons (Fsp3) is 0.435. The molecule has 0 spiro atoms. The standard InChI is InChI=1S/C23H23N3O4/c1-12-9-24-22-20(29-11-30-22)17(12)21(27)25-16-4-2-3-15-10-26(23(28)18(15)16)19(13-5-6-13)14-7-8-14/h2-4,9,13-14,19H,5-8,10-11H2,1H3,(H,25,27). The molecular weight excluding hydrogens is 382 g/mol. The van der Waals surface area contributed by atoms with E-state index in [4.69, 9.17) is 9.47 Å². The maximum absolute atomic E-state index is 13.4. The number of hydrogen-bond acceptors (Lipinski definition) is 5. The van der Waals surface area contributed by atoms with Crippen LogP contribution in [0.2, 0.25) is 0 Å². The van der Waals surface area contributed by atoms with E-state index in [1.807, 2.05) is 19.1 Å². The maximum atomic E-state index is 13.4. The van der Waals surface area contributed by atoms with Gasteiger partial charge in [0.1, 0.15) is 0 Å². The van der Waals surface area contributed by atoms with Gasteiger partial charge in [-0.15, -0.1) is 0 Å². The van der Waals surface area contributed by atoms with Crippen molar-refractivity contribution in [2.75, 3.05) is 12.1 Å². The van der Waals surface area contributed by atoms with Crippen LogP contribution in [0.5, 0.6) is 11.6 Å². The number of carbonyl (C=O) groups excluding carboxylic acids is 2. The van der Waals surface area contributed by atoms with Crippen molar-refractivity contribution in [2.45, 2.75) is 45.2 Å². The Morgan fingerprint density at radius 1 is 1.20 bits per heavy atom. The molecule has 1 aromatic carbocycles. The van der Waals surface area contributed by atoms with Gasteiger partial charge in [0, 0.05) is 18.8 Å². The minimum Gasteiger partial charge on any atom is -0.451 e. The summed E-state index contributed by atoms with van der Waals surface area (Å²) in [4.78, 5) is 32.8. The average molecular weight is 405 g/mol. The van der Waals surface area contributed by atoms with Gasteiger partial charge in [-0.25, -0.2) is 4.98 Å². The molecule has 154 valence electrons. The molecule has 1 aromatic heterocycles. The quantitative estimate of drug-likeness (QED) is 0.823. The second-order valence-corrected chi connectivity index (χ2v) is 8.75. The van der Waals surface area contributed by atoms with Crippen LogP contribution in [-0.4, -0.2) is 34.5 Å². The van der Waals surface area contributed by atoms with Crippen molar-refractivity contribution in [3.63, 3.8) is 0 Å². The van der Waals surface area contributed by atoms with Gasteiger partial charge < -0.3 is 19.7 Å². The van der Waals surface area contributed by atoms with Gasteiger partial charge in [-0.1, -0.05) is 12.1 Å². The Morgan fingerprint density at radius 3 is 2.70 bits per heavy atom. The fourth-order valence-corrected chi connectivity index (χ4v) is 4.91. The molecule has 2 aromatic rings. The third kappa shape index (κ3) is 2.75. The highest BCUT2D eigenvalue weighted by molar-refractivity contribution is 6.12. The molecule has 2 saturated carbocycles. The average Bonchev–Trinajstić information content (AvgIpc) is 3.65. The summed E-state index contributed by atoms with van der Waals surface area (Å²) in [5, 5.41) is 2.96. The lowest BCUT2D eigenvalue weighted by atomic mass is 10.1. The van der Waals surface area contributed by atoms with Crippen LogP contribution in [0.3, 0.4) is 0 Å². The molecule has 3 heterocycles. The van der Waals surface area contributed by atoms with Crippen LogP contribution in [-0.2, 0) is 6.54 Å². The number of nitrogens with zero attached hydrogens (tertiary/aromatic N) is 2. The molecule has 2 aliphatic carbocycles. The first kappa shape index (κ1) is 17.7. The van der Waals surface area contributed by atoms with Crippen molar-refractivity contribution >= 4 is 17.5 Å². The Labute approximate surface area is 174 Å². The summed E-state index contributed by atoms with van der Waals surface area (Å²) >= 11 is 0. The van der Waals surface area contributed by atoms with Crippen molar-refractivity contribution in [2.24, 2.45) is 11.8 Å². The Hall–Kier alpha value is -3.09. The monoisotopic (exact) mass is 405 g/mol. The summed E-state index contributed by atoms with van der Waals surface area (Å²) in [7, 11) is 0. The number of aryl methyl sites for hydroxylation is 1. The molecule has 2 aliphatic heterocycles. The van der Waals surface area contributed by atoms with E-state index in [0.717, 1.165) is 5.56 Å². The summed E-state index contributed by atoms with van der Waals surface area (Å²) in [6.07, 6.45) is 6.48. The van der Waals surface area contributed by atoms with Gasteiger partial charge in [-0.3, -0.25) is 9.59 Å². The normalized spacial score (nSPS) is 19.4. The van der Waals surface area contributed by atoms with Crippen LogP contribution >= 0.6 is 0 Å². The smallest absolute Gasteiger partial charge is 0.260 e. The van der Waals surface area contributed by atoms with Crippen molar-refractivity contribution in [3.8, 4) is 11.6 Å². The van der Waals surface area contributed by atoms with Crippen molar-refractivity contribution in [3.05, 3.63) is 46.6 Å². The summed E-state index contributed by atoms with van der Waals surface area (Å²) < 4.78 is 10.8. The van der Waals surface area contributed by atoms with Crippen molar-refractivity contribution < 1.29 is 19.1 Å². The number of fused-ring (bicyclic) bond motifs is 2. The van der Waals surface area contributed by atoms with Crippen molar-refractivity contribution in [1.29, 1.82) is 0 Å². The van der Waals surface area contributed by atoms with Crippen LogP contribution in [0.1, 0.15) is 57.5 Å². The highest BCUT2D eigenvalue weighted by Gasteiger charge is 2.48. The molecule has 0 unspecified atom stereocenters. The Kier molecular flexibility index (Phi) is 3.82. The predicted octanol–water partition coefficient (Wildman–Crippen LogP) is 3.52. The summed E-state index contributed by atoms with van der Waals surface area (Å²) in [5.74, 6) is 1.69. The number of carbonyl (C=O) groups is 2. The Morgan fingerprint density at radius 2 is 1.97 bits per heavy atom. The maximum Gasteiger partial charge on any atom is 0.260 e. The zero-order valence-electron chi connectivity index (χ0n) is 16.8. The molecule has 7 heteroatoms. The second kappa shape index (κ2) is 6.45. The van der Waals surface area contributed by atoms with Crippen LogP contribution in [0.25, 0.3) is 0 Å². The number of ether oxygens (including phenoxy) is 2. The third-order valence-corrected chi connectivity index (χ3v) is 6.60. The topological polar surface area (TPSA) is 80.8 Å². The first-order valence-corrected chi connectivity index (χ1v) is 10.6. The van der Waals surface area contributed by atoms with Gasteiger partial charge in [0.05, 0.1) is 16.8 Å². The van der Waals surface area contributed by atoms with Gasteiger partial charge >= 0.3 is 0 Å². The van der Waals surface area contributed by atoms with Gasteiger partial charge in [-0.2, -0.15) is 0 Å². The summed E-state index contributed by atoms with van der Waals surface area (Å²) in [6.45, 7) is 2.49. The molecule has 7 nitrogen and oxygen atoms in total. The molecule has 0 saturated heterocycles. The van der Waals surface area contributed by atoms with E-state index < -0.39 is 0 Å². The second-order valence-electron chi connectivity index (χ2n) is 8.75. The number of hydrogen-bond donors (Lipinski definition) is 1. The van der Waals surface area contributed by atoms with Crippen LogP contribution in [0.4, 0.5) is 5.69 Å². The first-order valence-electron chi connectivity index (χ1n) is 10.6. The molecular formula is C23H23N3O4. The number of rotatable bonds is 5. The fourth-order valence-electron chi connectivity index (χ4n) is 4.91. The minimum absolute atomic E-state index is 0.0426. The van der Waals surface area contributed by atoms with E-state index in [1.165, 1.54) is 25.7 Å². The van der Waals surface area contributed by atoms with E-state index in [9.17, 15) is 9.59 Å². The minimum atomic E-state index is -0.322. The summed E-state index contributed by atoms with van der Waals surface area (Å²) in [6, 6.07) is 6.05. The first-order chi connectivity index (χ1) is 14.6. The third-order valence-electron chi connectivity index (χ3n) is 6.60. The van der Waals surface area contributed by atoms with Crippen molar-refractivity contribution in [1.82, 2.24) is 9.88 Å². The van der Waals surface area contributed by atoms with E-state index in [2.05, 4.69) is 15.2 Å². The number of anilines is 1. The zero-order chi connectivity index (χ0) is 20.4. The molecule has 0 bridgehead atoms. The Bertz CT molecular complexity index is 1060. The zero-order valence-corrected chi connectivity index (χ0v) is 16.8. The number of amides is 2. The number of nitrogens with one attached hydrogen (secondary N) is 1. The molecule has 1 N–H and O–H groups in total. The van der Waals surface area contributed by atoms with E-state index >= 15 is 0 Å². The van der Waals surface area contributed by atoms with E-state index in [0.29, 0.717) is 58.4 Å². The van der Waals surface area contributed by atoms with Gasteiger partial charge in [0.25, 0.3) is 17.7 Å². The lowest BCUT2D eigenvalue weighted by Crippen LogP contribution is -2.38. The number of benzene rings is 1. The highest BCUT2D eigenvalue weighted by atomic mass is 16.7. The molecule has 0 radical (unpaired) electrons.